The number of nitrogens with zero attached hydrogens (tertiary/aromatic N) is 1. The maximum absolute atomic E-state index is 13.1. The van der Waals surface area contributed by atoms with Crippen LogP contribution in [0.1, 0.15) is 30.0 Å². The SMILES string of the molecule is CC(c1ccncc1)C(N)c1cc(F)cc(F)c1. The molecule has 0 aliphatic heterocycles. The van der Waals surface area contributed by atoms with Gasteiger partial charge in [0, 0.05) is 30.4 Å². The van der Waals surface area contributed by atoms with Crippen LogP contribution in [0.15, 0.2) is 42.7 Å². The van der Waals surface area contributed by atoms with E-state index in [1.54, 1.807) is 12.4 Å². The van der Waals surface area contributed by atoms with Crippen LogP contribution in [-0.4, -0.2) is 4.98 Å². The molecule has 2 unspecified atom stereocenters. The van der Waals surface area contributed by atoms with Crippen molar-refractivity contribution in [3.8, 4) is 0 Å². The minimum absolute atomic E-state index is 0.0470. The van der Waals surface area contributed by atoms with E-state index in [4.69, 9.17) is 5.73 Å². The molecule has 18 heavy (non-hydrogen) atoms. The molecule has 0 saturated carbocycles. The Hall–Kier alpha value is -1.81. The maximum atomic E-state index is 13.1. The fraction of sp³-hybridized carbons (Fsp3) is 0.214. The van der Waals surface area contributed by atoms with Gasteiger partial charge in [-0.1, -0.05) is 6.92 Å². The van der Waals surface area contributed by atoms with E-state index in [9.17, 15) is 8.78 Å². The molecule has 2 nitrogen and oxygen atoms in total. The highest BCUT2D eigenvalue weighted by Crippen LogP contribution is 2.28. The van der Waals surface area contributed by atoms with Crippen LogP contribution >= 0.6 is 0 Å². The van der Waals surface area contributed by atoms with Gasteiger partial charge in [-0.15, -0.1) is 0 Å². The predicted molar refractivity (Wildman–Crippen MR) is 65.9 cm³/mol. The Balaban J connectivity index is 2.28. The van der Waals surface area contributed by atoms with Crippen molar-refractivity contribution in [2.45, 2.75) is 18.9 Å². The summed E-state index contributed by atoms with van der Waals surface area (Å²) in [5, 5.41) is 0. The highest BCUT2D eigenvalue weighted by atomic mass is 19.1. The minimum atomic E-state index is -0.609. The molecule has 94 valence electrons. The summed E-state index contributed by atoms with van der Waals surface area (Å²) in [6.45, 7) is 1.92. The van der Waals surface area contributed by atoms with Crippen molar-refractivity contribution >= 4 is 0 Å². The molecule has 0 aliphatic carbocycles. The molecular formula is C14H14F2N2. The molecule has 0 amide bonds. The van der Waals surface area contributed by atoms with Crippen molar-refractivity contribution in [2.75, 3.05) is 0 Å². The van der Waals surface area contributed by atoms with E-state index in [-0.39, 0.29) is 5.92 Å². The molecule has 0 saturated heterocycles. The van der Waals surface area contributed by atoms with Gasteiger partial charge in [0.2, 0.25) is 0 Å². The summed E-state index contributed by atoms with van der Waals surface area (Å²) >= 11 is 0. The van der Waals surface area contributed by atoms with E-state index < -0.39 is 17.7 Å². The first-order chi connectivity index (χ1) is 8.58. The normalized spacial score (nSPS) is 14.2. The van der Waals surface area contributed by atoms with E-state index in [1.807, 2.05) is 19.1 Å². The lowest BCUT2D eigenvalue weighted by molar-refractivity contribution is 0.554. The lowest BCUT2D eigenvalue weighted by Gasteiger charge is -2.20. The summed E-state index contributed by atoms with van der Waals surface area (Å²) in [6.07, 6.45) is 3.34. The lowest BCUT2D eigenvalue weighted by atomic mass is 9.90. The van der Waals surface area contributed by atoms with Crippen molar-refractivity contribution in [3.63, 3.8) is 0 Å². The summed E-state index contributed by atoms with van der Waals surface area (Å²) in [7, 11) is 0. The Kier molecular flexibility index (Phi) is 3.67. The summed E-state index contributed by atoms with van der Waals surface area (Å²) in [5.74, 6) is -1.26. The van der Waals surface area contributed by atoms with Crippen LogP contribution in [0.3, 0.4) is 0 Å². The summed E-state index contributed by atoms with van der Waals surface area (Å²) in [6, 6.07) is 6.61. The third-order valence-corrected chi connectivity index (χ3v) is 3.04. The molecule has 0 radical (unpaired) electrons. The Morgan fingerprint density at radius 2 is 1.56 bits per heavy atom. The van der Waals surface area contributed by atoms with Crippen LogP contribution in [-0.2, 0) is 0 Å². The third kappa shape index (κ3) is 2.71. The van der Waals surface area contributed by atoms with Gasteiger partial charge in [-0.3, -0.25) is 4.98 Å². The van der Waals surface area contributed by atoms with Crippen LogP contribution in [0.25, 0.3) is 0 Å². The van der Waals surface area contributed by atoms with Crippen LogP contribution in [0.4, 0.5) is 8.78 Å². The molecule has 4 heteroatoms. The quantitative estimate of drug-likeness (QED) is 0.906. The molecule has 0 spiro atoms. The van der Waals surface area contributed by atoms with Crippen molar-refractivity contribution in [1.29, 1.82) is 0 Å². The Labute approximate surface area is 104 Å². The van der Waals surface area contributed by atoms with Crippen molar-refractivity contribution in [2.24, 2.45) is 5.73 Å². The fourth-order valence-electron chi connectivity index (χ4n) is 1.93. The molecule has 2 N–H and O–H groups in total. The number of aromatic nitrogens is 1. The number of rotatable bonds is 3. The minimum Gasteiger partial charge on any atom is -0.323 e. The first-order valence-corrected chi connectivity index (χ1v) is 5.69. The van der Waals surface area contributed by atoms with Crippen LogP contribution in [0, 0.1) is 11.6 Å². The zero-order valence-electron chi connectivity index (χ0n) is 9.98. The Morgan fingerprint density at radius 3 is 2.11 bits per heavy atom. The second-order valence-corrected chi connectivity index (χ2v) is 4.30. The second kappa shape index (κ2) is 5.23. The standard InChI is InChI=1S/C14H14F2N2/c1-9(10-2-4-18-5-3-10)14(17)11-6-12(15)8-13(16)7-11/h2-9,14H,17H2,1H3. The van der Waals surface area contributed by atoms with E-state index in [2.05, 4.69) is 4.98 Å². The van der Waals surface area contributed by atoms with Gasteiger partial charge < -0.3 is 5.73 Å². The molecular weight excluding hydrogens is 234 g/mol. The zero-order chi connectivity index (χ0) is 13.1. The van der Waals surface area contributed by atoms with E-state index >= 15 is 0 Å². The first kappa shape index (κ1) is 12.6. The van der Waals surface area contributed by atoms with E-state index in [0.29, 0.717) is 5.56 Å². The van der Waals surface area contributed by atoms with Crippen LogP contribution < -0.4 is 5.73 Å². The van der Waals surface area contributed by atoms with Gasteiger partial charge in [0.05, 0.1) is 0 Å². The van der Waals surface area contributed by atoms with Crippen molar-refractivity contribution in [3.05, 3.63) is 65.5 Å². The highest BCUT2D eigenvalue weighted by Gasteiger charge is 2.18. The fourth-order valence-corrected chi connectivity index (χ4v) is 1.93. The maximum Gasteiger partial charge on any atom is 0.126 e. The number of hydrogen-bond donors (Lipinski definition) is 1. The third-order valence-electron chi connectivity index (χ3n) is 3.04. The Bertz CT molecular complexity index is 508. The van der Waals surface area contributed by atoms with Gasteiger partial charge in [-0.25, -0.2) is 8.78 Å². The molecule has 0 bridgehead atoms. The van der Waals surface area contributed by atoms with Crippen molar-refractivity contribution < 1.29 is 8.78 Å². The first-order valence-electron chi connectivity index (χ1n) is 5.69. The average Bonchev–Trinajstić information content (AvgIpc) is 2.37. The number of nitrogens with two attached hydrogens (primary N) is 1. The van der Waals surface area contributed by atoms with Gasteiger partial charge in [0.15, 0.2) is 0 Å². The Morgan fingerprint density at radius 1 is 1.00 bits per heavy atom. The molecule has 2 atom stereocenters. The second-order valence-electron chi connectivity index (χ2n) is 4.30. The van der Waals surface area contributed by atoms with E-state index in [0.717, 1.165) is 11.6 Å². The monoisotopic (exact) mass is 248 g/mol. The number of pyridine rings is 1. The summed E-state index contributed by atoms with van der Waals surface area (Å²) < 4.78 is 26.3. The molecule has 2 aromatic rings. The average molecular weight is 248 g/mol. The van der Waals surface area contributed by atoms with Gasteiger partial charge >= 0.3 is 0 Å². The topological polar surface area (TPSA) is 38.9 Å². The van der Waals surface area contributed by atoms with E-state index in [1.165, 1.54) is 12.1 Å². The van der Waals surface area contributed by atoms with Gasteiger partial charge in [-0.05, 0) is 35.4 Å². The smallest absolute Gasteiger partial charge is 0.126 e. The van der Waals surface area contributed by atoms with Gasteiger partial charge in [-0.2, -0.15) is 0 Å². The number of halogens is 2. The van der Waals surface area contributed by atoms with Gasteiger partial charge in [0.1, 0.15) is 11.6 Å². The molecule has 1 aromatic heterocycles. The molecule has 0 fully saturated rings. The van der Waals surface area contributed by atoms with Crippen LogP contribution in [0.2, 0.25) is 0 Å². The summed E-state index contributed by atoms with van der Waals surface area (Å²) in [4.78, 5) is 3.93. The van der Waals surface area contributed by atoms with Crippen molar-refractivity contribution in [1.82, 2.24) is 4.98 Å². The number of benzene rings is 1. The zero-order valence-corrected chi connectivity index (χ0v) is 9.98. The lowest BCUT2D eigenvalue weighted by Crippen LogP contribution is -2.18. The molecule has 0 aliphatic rings. The number of hydrogen-bond acceptors (Lipinski definition) is 2. The molecule has 1 aromatic carbocycles. The summed E-state index contributed by atoms with van der Waals surface area (Å²) in [5.41, 5.74) is 7.50. The predicted octanol–water partition coefficient (Wildman–Crippen LogP) is 3.16. The molecule has 2 rings (SSSR count). The molecule has 1 heterocycles. The van der Waals surface area contributed by atoms with Gasteiger partial charge in [0.25, 0.3) is 0 Å². The largest absolute Gasteiger partial charge is 0.323 e. The van der Waals surface area contributed by atoms with Crippen LogP contribution in [0.5, 0.6) is 0 Å². The highest BCUT2D eigenvalue weighted by molar-refractivity contribution is 5.27.